The van der Waals surface area contributed by atoms with Gasteiger partial charge in [0.05, 0.1) is 0 Å². The fourth-order valence-electron chi connectivity index (χ4n) is 1.97. The number of ether oxygens (including phenoxy) is 1. The number of carbonyl (C=O) groups is 1. The molecule has 0 fully saturated rings. The first kappa shape index (κ1) is 15.5. The van der Waals surface area contributed by atoms with E-state index in [4.69, 9.17) is 10.5 Å². The SMILES string of the molecule is CCCC(C)(C)NC(=O)COc1ccc(CN)cc1. The van der Waals surface area contributed by atoms with Crippen LogP contribution in [0.2, 0.25) is 0 Å². The highest BCUT2D eigenvalue weighted by molar-refractivity contribution is 5.78. The number of rotatable bonds is 7. The lowest BCUT2D eigenvalue weighted by Gasteiger charge is -2.25. The van der Waals surface area contributed by atoms with Crippen LogP contribution in [0.1, 0.15) is 39.2 Å². The predicted octanol–water partition coefficient (Wildman–Crippen LogP) is 2.22. The normalized spacial score (nSPS) is 11.2. The van der Waals surface area contributed by atoms with Gasteiger partial charge in [0.25, 0.3) is 5.91 Å². The van der Waals surface area contributed by atoms with Gasteiger partial charge in [-0.25, -0.2) is 0 Å². The van der Waals surface area contributed by atoms with E-state index in [0.29, 0.717) is 12.3 Å². The maximum Gasteiger partial charge on any atom is 0.258 e. The van der Waals surface area contributed by atoms with Crippen LogP contribution in [0.3, 0.4) is 0 Å². The second-order valence-corrected chi connectivity index (χ2v) is 5.32. The van der Waals surface area contributed by atoms with Crippen molar-refractivity contribution in [2.75, 3.05) is 6.61 Å². The molecule has 0 heterocycles. The zero-order valence-electron chi connectivity index (χ0n) is 12.0. The van der Waals surface area contributed by atoms with E-state index in [1.54, 1.807) is 0 Å². The predicted molar refractivity (Wildman–Crippen MR) is 77.0 cm³/mol. The van der Waals surface area contributed by atoms with Gasteiger partial charge in [0.2, 0.25) is 0 Å². The van der Waals surface area contributed by atoms with Crippen LogP contribution in [-0.4, -0.2) is 18.1 Å². The number of carbonyl (C=O) groups excluding carboxylic acids is 1. The minimum atomic E-state index is -0.182. The van der Waals surface area contributed by atoms with Crippen LogP contribution < -0.4 is 15.8 Å². The lowest BCUT2D eigenvalue weighted by molar-refractivity contribution is -0.124. The van der Waals surface area contributed by atoms with E-state index >= 15 is 0 Å². The summed E-state index contributed by atoms with van der Waals surface area (Å²) in [5.74, 6) is 0.585. The van der Waals surface area contributed by atoms with E-state index in [-0.39, 0.29) is 18.1 Å². The van der Waals surface area contributed by atoms with E-state index in [9.17, 15) is 4.79 Å². The fraction of sp³-hybridized carbons (Fsp3) is 0.533. The molecule has 3 N–H and O–H groups in total. The van der Waals surface area contributed by atoms with E-state index in [1.165, 1.54) is 0 Å². The van der Waals surface area contributed by atoms with Gasteiger partial charge in [-0.2, -0.15) is 0 Å². The Morgan fingerprint density at radius 1 is 1.32 bits per heavy atom. The summed E-state index contributed by atoms with van der Waals surface area (Å²) in [6.45, 7) is 6.68. The smallest absolute Gasteiger partial charge is 0.258 e. The summed E-state index contributed by atoms with van der Waals surface area (Å²) in [4.78, 5) is 11.8. The highest BCUT2D eigenvalue weighted by Gasteiger charge is 2.19. The van der Waals surface area contributed by atoms with Crippen molar-refractivity contribution < 1.29 is 9.53 Å². The van der Waals surface area contributed by atoms with Crippen molar-refractivity contribution in [1.82, 2.24) is 5.32 Å². The van der Waals surface area contributed by atoms with Gasteiger partial charge in [0, 0.05) is 12.1 Å². The van der Waals surface area contributed by atoms with Crippen molar-refractivity contribution in [1.29, 1.82) is 0 Å². The largest absolute Gasteiger partial charge is 0.484 e. The zero-order valence-corrected chi connectivity index (χ0v) is 12.0. The topological polar surface area (TPSA) is 64.3 Å². The number of nitrogens with two attached hydrogens (primary N) is 1. The molecule has 0 aromatic heterocycles. The molecule has 0 aliphatic heterocycles. The van der Waals surface area contributed by atoms with Gasteiger partial charge in [-0.3, -0.25) is 4.79 Å². The quantitative estimate of drug-likeness (QED) is 0.793. The molecule has 1 amide bonds. The van der Waals surface area contributed by atoms with E-state index in [2.05, 4.69) is 12.2 Å². The summed E-state index contributed by atoms with van der Waals surface area (Å²) in [7, 11) is 0. The molecule has 106 valence electrons. The molecule has 0 aliphatic carbocycles. The first-order valence-electron chi connectivity index (χ1n) is 6.69. The van der Waals surface area contributed by atoms with Crippen LogP contribution in [0.25, 0.3) is 0 Å². The van der Waals surface area contributed by atoms with Crippen LogP contribution in [0.15, 0.2) is 24.3 Å². The van der Waals surface area contributed by atoms with E-state index in [1.807, 2.05) is 38.1 Å². The minimum Gasteiger partial charge on any atom is -0.484 e. The minimum absolute atomic E-state index is 0.0368. The summed E-state index contributed by atoms with van der Waals surface area (Å²) in [5, 5.41) is 2.97. The highest BCUT2D eigenvalue weighted by atomic mass is 16.5. The number of nitrogens with one attached hydrogen (secondary N) is 1. The molecule has 0 spiro atoms. The molecule has 19 heavy (non-hydrogen) atoms. The molecule has 0 bridgehead atoms. The molecule has 0 atom stereocenters. The monoisotopic (exact) mass is 264 g/mol. The van der Waals surface area contributed by atoms with Gasteiger partial charge >= 0.3 is 0 Å². The number of hydrogen-bond donors (Lipinski definition) is 2. The number of amides is 1. The Balaban J connectivity index is 2.41. The Hall–Kier alpha value is -1.55. The van der Waals surface area contributed by atoms with Crippen LogP contribution in [0.4, 0.5) is 0 Å². The van der Waals surface area contributed by atoms with Gasteiger partial charge in [-0.1, -0.05) is 25.5 Å². The first-order chi connectivity index (χ1) is 8.96. The number of benzene rings is 1. The fourth-order valence-corrected chi connectivity index (χ4v) is 1.97. The van der Waals surface area contributed by atoms with Gasteiger partial charge in [0.1, 0.15) is 5.75 Å². The average molecular weight is 264 g/mol. The maximum absolute atomic E-state index is 11.8. The first-order valence-corrected chi connectivity index (χ1v) is 6.69. The van der Waals surface area contributed by atoms with Crippen LogP contribution in [0, 0.1) is 0 Å². The molecule has 0 saturated carbocycles. The molecule has 0 aliphatic rings. The highest BCUT2D eigenvalue weighted by Crippen LogP contribution is 2.13. The van der Waals surface area contributed by atoms with E-state index in [0.717, 1.165) is 18.4 Å². The Kier molecular flexibility index (Phi) is 5.83. The van der Waals surface area contributed by atoms with Gasteiger partial charge in [-0.05, 0) is 38.0 Å². The second kappa shape index (κ2) is 7.14. The Morgan fingerprint density at radius 2 is 1.95 bits per heavy atom. The van der Waals surface area contributed by atoms with Crippen molar-refractivity contribution >= 4 is 5.91 Å². The van der Waals surface area contributed by atoms with Gasteiger partial charge < -0.3 is 15.8 Å². The third-order valence-electron chi connectivity index (χ3n) is 2.88. The van der Waals surface area contributed by atoms with Crippen molar-refractivity contribution in [2.45, 2.75) is 45.7 Å². The summed E-state index contributed by atoms with van der Waals surface area (Å²) in [5.41, 5.74) is 6.38. The van der Waals surface area contributed by atoms with Crippen LogP contribution in [-0.2, 0) is 11.3 Å². The van der Waals surface area contributed by atoms with Crippen molar-refractivity contribution in [3.63, 3.8) is 0 Å². The second-order valence-electron chi connectivity index (χ2n) is 5.32. The van der Waals surface area contributed by atoms with Gasteiger partial charge in [-0.15, -0.1) is 0 Å². The molecule has 1 aromatic carbocycles. The lowest BCUT2D eigenvalue weighted by Crippen LogP contribution is -2.45. The van der Waals surface area contributed by atoms with Gasteiger partial charge in [0.15, 0.2) is 6.61 Å². The Labute approximate surface area is 115 Å². The van der Waals surface area contributed by atoms with E-state index < -0.39 is 0 Å². The maximum atomic E-state index is 11.8. The third-order valence-corrected chi connectivity index (χ3v) is 2.88. The molecule has 4 nitrogen and oxygen atoms in total. The molecule has 1 aromatic rings. The third kappa shape index (κ3) is 5.75. The molecule has 0 saturated heterocycles. The molecular formula is C15H24N2O2. The van der Waals surface area contributed by atoms with Crippen molar-refractivity contribution in [3.8, 4) is 5.75 Å². The molecule has 0 unspecified atom stereocenters. The molecular weight excluding hydrogens is 240 g/mol. The molecule has 4 heteroatoms. The molecule has 0 radical (unpaired) electrons. The van der Waals surface area contributed by atoms with Crippen molar-refractivity contribution in [2.24, 2.45) is 5.73 Å². The van der Waals surface area contributed by atoms with Crippen molar-refractivity contribution in [3.05, 3.63) is 29.8 Å². The molecule has 1 rings (SSSR count). The zero-order chi connectivity index (χ0) is 14.3. The Bertz CT molecular complexity index is 399. The average Bonchev–Trinajstić information content (AvgIpc) is 2.36. The standard InChI is InChI=1S/C15H24N2O2/c1-4-9-15(2,3)17-14(18)11-19-13-7-5-12(10-16)6-8-13/h5-8H,4,9-11,16H2,1-3H3,(H,17,18). The summed E-state index contributed by atoms with van der Waals surface area (Å²) in [6, 6.07) is 7.45. The Morgan fingerprint density at radius 3 is 2.47 bits per heavy atom. The van der Waals surface area contributed by atoms with Crippen LogP contribution in [0.5, 0.6) is 5.75 Å². The number of hydrogen-bond acceptors (Lipinski definition) is 3. The van der Waals surface area contributed by atoms with Crippen LogP contribution >= 0.6 is 0 Å². The summed E-state index contributed by atoms with van der Waals surface area (Å²) in [6.07, 6.45) is 1.98. The summed E-state index contributed by atoms with van der Waals surface area (Å²) < 4.78 is 5.44. The lowest BCUT2D eigenvalue weighted by atomic mass is 9.99. The summed E-state index contributed by atoms with van der Waals surface area (Å²) >= 11 is 0.